The summed E-state index contributed by atoms with van der Waals surface area (Å²) in [4.78, 5) is 10.9. The van der Waals surface area contributed by atoms with Crippen molar-refractivity contribution in [2.45, 2.75) is 13.0 Å². The van der Waals surface area contributed by atoms with Crippen molar-refractivity contribution >= 4 is 16.6 Å². The number of nitrogens with two attached hydrogens (primary N) is 1. The van der Waals surface area contributed by atoms with Gasteiger partial charge in [-0.05, 0) is 6.92 Å². The fourth-order valence-corrected chi connectivity index (χ4v) is 1.14. The fourth-order valence-electron chi connectivity index (χ4n) is 0.631. The molecule has 0 aromatic carbocycles. The van der Waals surface area contributed by atoms with Gasteiger partial charge in [0, 0.05) is 18.2 Å². The second-order valence-corrected chi connectivity index (χ2v) is 3.80. The Morgan fingerprint density at radius 2 is 2.15 bits per heavy atom. The molecule has 0 aliphatic heterocycles. The second-order valence-electron chi connectivity index (χ2n) is 2.77. The lowest BCUT2D eigenvalue weighted by molar-refractivity contribution is -0.117. The van der Waals surface area contributed by atoms with E-state index >= 15 is 0 Å². The van der Waals surface area contributed by atoms with Crippen molar-refractivity contribution in [3.05, 3.63) is 12.2 Å². The number of carbonyl (C=O) groups excluding carboxylic acids is 1. The molecule has 0 heterocycles. The third-order valence-electron chi connectivity index (χ3n) is 1.30. The highest BCUT2D eigenvalue weighted by molar-refractivity contribution is 7.72. The highest BCUT2D eigenvalue weighted by atomic mass is 32.2. The topological polar surface area (TPSA) is 89.3 Å². The highest BCUT2D eigenvalue weighted by Gasteiger charge is 2.06. The van der Waals surface area contributed by atoms with E-state index < -0.39 is 16.7 Å². The van der Waals surface area contributed by atoms with Gasteiger partial charge in [0.1, 0.15) is 10.7 Å². The summed E-state index contributed by atoms with van der Waals surface area (Å²) in [6.45, 7) is 5.13. The van der Waals surface area contributed by atoms with Crippen LogP contribution < -0.4 is 11.1 Å². The van der Waals surface area contributed by atoms with E-state index in [1.54, 1.807) is 6.92 Å². The Labute approximate surface area is 78.9 Å². The lowest BCUT2D eigenvalue weighted by Gasteiger charge is -2.09. The molecule has 1 amide bonds. The predicted octanol–water partition coefficient (Wildman–Crippen LogP) is -1.38. The molecule has 13 heavy (non-hydrogen) atoms. The lowest BCUT2D eigenvalue weighted by atomic mass is 10.3. The van der Waals surface area contributed by atoms with Crippen LogP contribution in [0.3, 0.4) is 0 Å². The van der Waals surface area contributed by atoms with Crippen molar-refractivity contribution in [3.63, 3.8) is 0 Å². The van der Waals surface area contributed by atoms with Gasteiger partial charge < -0.3 is 11.1 Å². The normalized spacial score (nSPS) is 12.5. The maximum absolute atomic E-state index is 10.9. The minimum Gasteiger partial charge on any atom is -0.351 e. The number of hydrogen-bond donors (Lipinski definition) is 3. The number of thiol groups is 1. The van der Waals surface area contributed by atoms with Crippen molar-refractivity contribution in [1.29, 1.82) is 0 Å². The Morgan fingerprint density at radius 3 is 2.54 bits per heavy atom. The van der Waals surface area contributed by atoms with E-state index in [0.29, 0.717) is 5.57 Å². The van der Waals surface area contributed by atoms with Crippen molar-refractivity contribution in [2.24, 2.45) is 5.73 Å². The van der Waals surface area contributed by atoms with Gasteiger partial charge >= 0.3 is 0 Å². The summed E-state index contributed by atoms with van der Waals surface area (Å²) in [7, 11) is -2.48. The molecule has 0 fully saturated rings. The minimum atomic E-state index is -2.48. The molecule has 0 saturated carbocycles. The minimum absolute atomic E-state index is 0.119. The zero-order valence-electron chi connectivity index (χ0n) is 7.45. The predicted molar refractivity (Wildman–Crippen MR) is 51.0 cm³/mol. The monoisotopic (exact) mass is 206 g/mol. The Kier molecular flexibility index (Phi) is 5.33. The second kappa shape index (κ2) is 5.71. The lowest BCUT2D eigenvalue weighted by Crippen LogP contribution is -2.39. The first kappa shape index (κ1) is 12.1. The van der Waals surface area contributed by atoms with Crippen LogP contribution in [0, 0.1) is 0 Å². The SMILES string of the molecule is C=C(C)C(=O)NCC(N)C[SH](=O)=O. The van der Waals surface area contributed by atoms with Crippen LogP contribution in [0.5, 0.6) is 0 Å². The molecule has 0 bridgehead atoms. The average Bonchev–Trinajstić information content (AvgIpc) is 1.98. The molecule has 6 heteroatoms. The molecule has 76 valence electrons. The van der Waals surface area contributed by atoms with Crippen LogP contribution in [0.4, 0.5) is 0 Å². The Morgan fingerprint density at radius 1 is 1.62 bits per heavy atom. The van der Waals surface area contributed by atoms with Gasteiger partial charge in [0.2, 0.25) is 5.91 Å². The van der Waals surface area contributed by atoms with E-state index in [2.05, 4.69) is 11.9 Å². The number of hydrogen-bond acceptors (Lipinski definition) is 4. The van der Waals surface area contributed by atoms with Crippen LogP contribution in [-0.4, -0.2) is 32.7 Å². The number of amides is 1. The van der Waals surface area contributed by atoms with Gasteiger partial charge in [-0.3, -0.25) is 4.79 Å². The van der Waals surface area contributed by atoms with Gasteiger partial charge in [-0.25, -0.2) is 8.42 Å². The van der Waals surface area contributed by atoms with E-state index in [9.17, 15) is 13.2 Å². The molecular formula is C7H14N2O3S. The molecule has 1 unspecified atom stereocenters. The van der Waals surface area contributed by atoms with E-state index in [4.69, 9.17) is 5.73 Å². The molecule has 0 aliphatic carbocycles. The van der Waals surface area contributed by atoms with Crippen LogP contribution in [-0.2, 0) is 15.5 Å². The van der Waals surface area contributed by atoms with Gasteiger partial charge in [0.05, 0.1) is 5.75 Å². The molecule has 0 spiro atoms. The molecule has 0 saturated heterocycles. The molecule has 0 aromatic heterocycles. The Balaban J connectivity index is 3.76. The third-order valence-corrected chi connectivity index (χ3v) is 2.06. The summed E-state index contributed by atoms with van der Waals surface area (Å²) in [6, 6.07) is -0.551. The van der Waals surface area contributed by atoms with Gasteiger partial charge in [0.25, 0.3) is 0 Å². The van der Waals surface area contributed by atoms with E-state index in [-0.39, 0.29) is 18.2 Å². The van der Waals surface area contributed by atoms with Crippen LogP contribution in [0.25, 0.3) is 0 Å². The average molecular weight is 206 g/mol. The number of carbonyl (C=O) groups is 1. The molecule has 0 aliphatic rings. The summed E-state index contributed by atoms with van der Waals surface area (Å²) in [5.41, 5.74) is 5.77. The zero-order chi connectivity index (χ0) is 10.4. The number of nitrogens with one attached hydrogen (secondary N) is 1. The van der Waals surface area contributed by atoms with Gasteiger partial charge in [0.15, 0.2) is 0 Å². The van der Waals surface area contributed by atoms with Gasteiger partial charge in [-0.2, -0.15) is 0 Å². The molecule has 1 atom stereocenters. The Bertz CT molecular complexity index is 265. The molecule has 0 rings (SSSR count). The van der Waals surface area contributed by atoms with Crippen LogP contribution in [0.2, 0.25) is 0 Å². The largest absolute Gasteiger partial charge is 0.351 e. The Hall–Kier alpha value is -0.880. The van der Waals surface area contributed by atoms with Crippen molar-refractivity contribution < 1.29 is 13.2 Å². The smallest absolute Gasteiger partial charge is 0.246 e. The highest BCUT2D eigenvalue weighted by Crippen LogP contribution is 1.85. The standard InChI is InChI=1S/C7H14N2O3S/c1-5(2)7(10)9-3-6(8)4-13(11)12/h6,13H,1,3-4,8H2,2H3,(H,9,10). The maximum atomic E-state index is 10.9. The van der Waals surface area contributed by atoms with Crippen LogP contribution in [0.15, 0.2) is 12.2 Å². The van der Waals surface area contributed by atoms with Crippen LogP contribution >= 0.6 is 0 Å². The van der Waals surface area contributed by atoms with Crippen molar-refractivity contribution in [2.75, 3.05) is 12.3 Å². The van der Waals surface area contributed by atoms with Crippen molar-refractivity contribution in [1.82, 2.24) is 5.32 Å². The molecule has 3 N–H and O–H groups in total. The zero-order valence-corrected chi connectivity index (χ0v) is 8.34. The van der Waals surface area contributed by atoms with Crippen LogP contribution in [0.1, 0.15) is 6.92 Å². The van der Waals surface area contributed by atoms with Gasteiger partial charge in [-0.1, -0.05) is 6.58 Å². The summed E-state index contributed by atoms with van der Waals surface area (Å²) in [5, 5.41) is 2.46. The maximum Gasteiger partial charge on any atom is 0.246 e. The number of rotatable bonds is 5. The molecular weight excluding hydrogens is 192 g/mol. The quantitative estimate of drug-likeness (QED) is 0.382. The van der Waals surface area contributed by atoms with E-state index in [1.165, 1.54) is 0 Å². The summed E-state index contributed by atoms with van der Waals surface area (Å²) in [5.74, 6) is -0.428. The third kappa shape index (κ3) is 6.30. The van der Waals surface area contributed by atoms with E-state index in [0.717, 1.165) is 0 Å². The molecule has 0 radical (unpaired) electrons. The molecule has 0 aromatic rings. The van der Waals surface area contributed by atoms with Gasteiger partial charge in [-0.15, -0.1) is 0 Å². The summed E-state index contributed by atoms with van der Waals surface area (Å²) >= 11 is 0. The summed E-state index contributed by atoms with van der Waals surface area (Å²) < 4.78 is 20.4. The fraction of sp³-hybridized carbons (Fsp3) is 0.571. The first-order valence-electron chi connectivity index (χ1n) is 3.74. The first-order valence-corrected chi connectivity index (χ1v) is 5.11. The van der Waals surface area contributed by atoms with Crippen molar-refractivity contribution in [3.8, 4) is 0 Å². The molecule has 5 nitrogen and oxygen atoms in total. The van der Waals surface area contributed by atoms with E-state index in [1.807, 2.05) is 0 Å². The summed E-state index contributed by atoms with van der Waals surface area (Å²) in [6.07, 6.45) is 0. The first-order chi connectivity index (χ1) is 5.93.